The molecule has 1 aromatic carbocycles. The van der Waals surface area contributed by atoms with Gasteiger partial charge in [0.25, 0.3) is 0 Å². The van der Waals surface area contributed by atoms with E-state index in [1.54, 1.807) is 12.1 Å². The van der Waals surface area contributed by atoms with Crippen molar-refractivity contribution in [3.63, 3.8) is 0 Å². The number of halogens is 1. The number of nitrogens with one attached hydrogen (secondary N) is 1. The lowest BCUT2D eigenvalue weighted by atomic mass is 10.0. The Hall–Kier alpha value is -1.13. The second kappa shape index (κ2) is 4.86. The molecule has 1 amide bonds. The average Bonchev–Trinajstić information content (AvgIpc) is 3.10. The van der Waals surface area contributed by atoms with Crippen molar-refractivity contribution in [1.29, 1.82) is 0 Å². The highest BCUT2D eigenvalue weighted by Gasteiger charge is 2.52. The molecule has 5 heteroatoms. The molecule has 1 atom stereocenters. The minimum atomic E-state index is -0.601. The molecule has 0 radical (unpaired) electrons. The van der Waals surface area contributed by atoms with Crippen LogP contribution in [0.3, 0.4) is 0 Å². The zero-order chi connectivity index (χ0) is 13.3. The lowest BCUT2D eigenvalue weighted by Crippen LogP contribution is -2.40. The number of nitrogens with two attached hydrogens (primary N) is 1. The van der Waals surface area contributed by atoms with Crippen LogP contribution in [0.5, 0.6) is 0 Å². The van der Waals surface area contributed by atoms with E-state index >= 15 is 0 Å². The molecule has 3 nitrogen and oxygen atoms in total. The number of thiocarbonyl (C=S) groups is 1. The summed E-state index contributed by atoms with van der Waals surface area (Å²) < 4.78 is 0. The van der Waals surface area contributed by atoms with Crippen LogP contribution in [0.1, 0.15) is 31.4 Å². The first-order valence-electron chi connectivity index (χ1n) is 5.82. The van der Waals surface area contributed by atoms with Crippen molar-refractivity contribution in [2.45, 2.75) is 25.8 Å². The van der Waals surface area contributed by atoms with Crippen LogP contribution in [0.15, 0.2) is 24.3 Å². The van der Waals surface area contributed by atoms with Crippen LogP contribution >= 0.6 is 23.8 Å². The summed E-state index contributed by atoms with van der Waals surface area (Å²) in [5.41, 5.74) is 6.03. The van der Waals surface area contributed by atoms with Crippen molar-refractivity contribution in [2.24, 2.45) is 11.1 Å². The van der Waals surface area contributed by atoms with E-state index in [9.17, 15) is 4.79 Å². The van der Waals surface area contributed by atoms with E-state index in [2.05, 4.69) is 5.32 Å². The minimum absolute atomic E-state index is 0.0718. The van der Waals surface area contributed by atoms with Crippen LogP contribution in [-0.4, -0.2) is 10.9 Å². The maximum absolute atomic E-state index is 12.1. The molecule has 1 fully saturated rings. The van der Waals surface area contributed by atoms with Crippen molar-refractivity contribution < 1.29 is 4.79 Å². The molecule has 2 rings (SSSR count). The van der Waals surface area contributed by atoms with Crippen molar-refractivity contribution in [2.75, 3.05) is 0 Å². The molecule has 0 bridgehead atoms. The fourth-order valence-corrected chi connectivity index (χ4v) is 2.30. The van der Waals surface area contributed by atoms with E-state index in [4.69, 9.17) is 29.6 Å². The van der Waals surface area contributed by atoms with Gasteiger partial charge in [0.05, 0.1) is 16.4 Å². The molecule has 96 valence electrons. The molecule has 1 aromatic rings. The molecule has 0 heterocycles. The van der Waals surface area contributed by atoms with Gasteiger partial charge in [0.2, 0.25) is 5.91 Å². The van der Waals surface area contributed by atoms with Gasteiger partial charge in [-0.3, -0.25) is 4.79 Å². The van der Waals surface area contributed by atoms with Crippen molar-refractivity contribution in [3.8, 4) is 0 Å². The Morgan fingerprint density at radius 3 is 2.44 bits per heavy atom. The fourth-order valence-electron chi connectivity index (χ4n) is 1.88. The SMILES string of the molecule is CC(NC(=O)C1(C(N)=S)CC1)c1ccc(Cl)cc1. The highest BCUT2D eigenvalue weighted by atomic mass is 35.5. The van der Waals surface area contributed by atoms with Gasteiger partial charge < -0.3 is 11.1 Å². The third-order valence-electron chi connectivity index (χ3n) is 3.37. The third kappa shape index (κ3) is 2.49. The van der Waals surface area contributed by atoms with Crippen LogP contribution in [0.4, 0.5) is 0 Å². The topological polar surface area (TPSA) is 55.1 Å². The molecular formula is C13H15ClN2OS. The number of amides is 1. The Bertz CT molecular complexity index is 482. The minimum Gasteiger partial charge on any atom is -0.392 e. The largest absolute Gasteiger partial charge is 0.392 e. The summed E-state index contributed by atoms with van der Waals surface area (Å²) in [4.78, 5) is 12.4. The number of carbonyl (C=O) groups excluding carboxylic acids is 1. The third-order valence-corrected chi connectivity index (χ3v) is 4.02. The van der Waals surface area contributed by atoms with Gasteiger partial charge >= 0.3 is 0 Å². The molecule has 0 aromatic heterocycles. The monoisotopic (exact) mass is 282 g/mol. The number of benzene rings is 1. The Morgan fingerprint density at radius 2 is 2.00 bits per heavy atom. The van der Waals surface area contributed by atoms with E-state index < -0.39 is 5.41 Å². The van der Waals surface area contributed by atoms with Gasteiger partial charge in [-0.05, 0) is 37.5 Å². The predicted molar refractivity (Wildman–Crippen MR) is 76.5 cm³/mol. The Labute approximate surface area is 117 Å². The first-order valence-corrected chi connectivity index (χ1v) is 6.61. The standard InChI is InChI=1S/C13H15ClN2OS/c1-8(9-2-4-10(14)5-3-9)16-12(17)13(6-7-13)11(15)18/h2-5,8H,6-7H2,1H3,(H2,15,18)(H,16,17). The van der Waals surface area contributed by atoms with E-state index in [0.717, 1.165) is 18.4 Å². The van der Waals surface area contributed by atoms with E-state index in [0.29, 0.717) is 10.0 Å². The van der Waals surface area contributed by atoms with E-state index in [-0.39, 0.29) is 11.9 Å². The molecular weight excluding hydrogens is 268 g/mol. The van der Waals surface area contributed by atoms with Gasteiger partial charge in [-0.1, -0.05) is 36.0 Å². The van der Waals surface area contributed by atoms with Gasteiger partial charge in [-0.15, -0.1) is 0 Å². The maximum atomic E-state index is 12.1. The van der Waals surface area contributed by atoms with Crippen molar-refractivity contribution in [1.82, 2.24) is 5.32 Å². The highest BCUT2D eigenvalue weighted by Crippen LogP contribution is 2.46. The average molecular weight is 283 g/mol. The molecule has 1 saturated carbocycles. The summed E-state index contributed by atoms with van der Waals surface area (Å²) >= 11 is 10.8. The molecule has 1 aliphatic carbocycles. The quantitative estimate of drug-likeness (QED) is 0.835. The summed E-state index contributed by atoms with van der Waals surface area (Å²) in [5.74, 6) is -0.0718. The molecule has 0 spiro atoms. The zero-order valence-corrected chi connectivity index (χ0v) is 11.6. The maximum Gasteiger partial charge on any atom is 0.233 e. The normalized spacial score (nSPS) is 17.9. The lowest BCUT2D eigenvalue weighted by Gasteiger charge is -2.19. The van der Waals surface area contributed by atoms with Crippen LogP contribution in [0.2, 0.25) is 5.02 Å². The van der Waals surface area contributed by atoms with E-state index in [1.807, 2.05) is 19.1 Å². The molecule has 0 aliphatic heterocycles. The van der Waals surface area contributed by atoms with Crippen LogP contribution < -0.4 is 11.1 Å². The van der Waals surface area contributed by atoms with Gasteiger partial charge in [0, 0.05) is 5.02 Å². The van der Waals surface area contributed by atoms with Crippen LogP contribution in [0.25, 0.3) is 0 Å². The first-order chi connectivity index (χ1) is 8.45. The van der Waals surface area contributed by atoms with Gasteiger partial charge in [0.15, 0.2) is 0 Å². The molecule has 1 aliphatic rings. The predicted octanol–water partition coefficient (Wildman–Crippen LogP) is 2.58. The molecule has 18 heavy (non-hydrogen) atoms. The summed E-state index contributed by atoms with van der Waals surface area (Å²) in [7, 11) is 0. The van der Waals surface area contributed by atoms with E-state index in [1.165, 1.54) is 0 Å². The van der Waals surface area contributed by atoms with Crippen molar-refractivity contribution in [3.05, 3.63) is 34.9 Å². The summed E-state index contributed by atoms with van der Waals surface area (Å²) in [5, 5.41) is 3.63. The molecule has 3 N–H and O–H groups in total. The van der Waals surface area contributed by atoms with Gasteiger partial charge in [-0.2, -0.15) is 0 Å². The summed E-state index contributed by atoms with van der Waals surface area (Å²) in [6, 6.07) is 7.32. The second-order valence-electron chi connectivity index (χ2n) is 4.69. The van der Waals surface area contributed by atoms with Crippen molar-refractivity contribution >= 4 is 34.7 Å². The lowest BCUT2D eigenvalue weighted by molar-refractivity contribution is -0.124. The molecule has 1 unspecified atom stereocenters. The number of hydrogen-bond donors (Lipinski definition) is 2. The fraction of sp³-hybridized carbons (Fsp3) is 0.385. The summed E-state index contributed by atoms with van der Waals surface area (Å²) in [6.07, 6.45) is 1.50. The molecule has 0 saturated heterocycles. The Morgan fingerprint density at radius 1 is 1.44 bits per heavy atom. The Balaban J connectivity index is 2.04. The van der Waals surface area contributed by atoms with Gasteiger partial charge in [0.1, 0.15) is 0 Å². The zero-order valence-electron chi connectivity index (χ0n) is 10.1. The second-order valence-corrected chi connectivity index (χ2v) is 5.57. The summed E-state index contributed by atoms with van der Waals surface area (Å²) in [6.45, 7) is 1.93. The van der Waals surface area contributed by atoms with Crippen LogP contribution in [-0.2, 0) is 4.79 Å². The van der Waals surface area contributed by atoms with Crippen LogP contribution in [0, 0.1) is 5.41 Å². The first kappa shape index (κ1) is 13.3. The Kier molecular flexibility index (Phi) is 3.59. The highest BCUT2D eigenvalue weighted by molar-refractivity contribution is 7.80. The number of rotatable bonds is 4. The number of hydrogen-bond acceptors (Lipinski definition) is 2. The number of carbonyl (C=O) groups is 1. The van der Waals surface area contributed by atoms with Gasteiger partial charge in [-0.25, -0.2) is 0 Å². The smallest absolute Gasteiger partial charge is 0.233 e.